The summed E-state index contributed by atoms with van der Waals surface area (Å²) in [4.78, 5) is 4.26. The highest BCUT2D eigenvalue weighted by molar-refractivity contribution is 9.10. The van der Waals surface area contributed by atoms with Crippen molar-refractivity contribution in [2.75, 3.05) is 12.4 Å². The van der Waals surface area contributed by atoms with E-state index in [1.165, 1.54) is 0 Å². The summed E-state index contributed by atoms with van der Waals surface area (Å²) in [5.41, 5.74) is 2.18. The molecule has 128 valence electrons. The molecule has 0 saturated heterocycles. The van der Waals surface area contributed by atoms with E-state index in [0.29, 0.717) is 24.7 Å². The molecule has 0 atom stereocenters. The van der Waals surface area contributed by atoms with Gasteiger partial charge in [0.2, 0.25) is 0 Å². The molecule has 1 heterocycles. The number of nitrogens with zero attached hydrogens (tertiary/aromatic N) is 1. The lowest BCUT2D eigenvalue weighted by Gasteiger charge is -2.15. The SMILES string of the molecule is COc1cc(CNc2ccccn2)cc(Br)c1OCc1ccccc1. The number of methoxy groups -OCH3 is 1. The van der Waals surface area contributed by atoms with E-state index in [0.717, 1.165) is 21.4 Å². The van der Waals surface area contributed by atoms with E-state index in [9.17, 15) is 0 Å². The minimum absolute atomic E-state index is 0.487. The van der Waals surface area contributed by atoms with Crippen LogP contribution in [-0.4, -0.2) is 12.1 Å². The molecule has 3 rings (SSSR count). The molecule has 0 unspecified atom stereocenters. The second-order valence-corrected chi connectivity index (χ2v) is 6.31. The Kier molecular flexibility index (Phi) is 5.90. The molecular weight excluding hydrogens is 380 g/mol. The molecule has 0 spiro atoms. The van der Waals surface area contributed by atoms with Gasteiger partial charge < -0.3 is 14.8 Å². The van der Waals surface area contributed by atoms with E-state index in [1.54, 1.807) is 13.3 Å². The fourth-order valence-corrected chi connectivity index (χ4v) is 3.01. The normalized spacial score (nSPS) is 10.3. The van der Waals surface area contributed by atoms with Gasteiger partial charge in [0.15, 0.2) is 11.5 Å². The summed E-state index contributed by atoms with van der Waals surface area (Å²) in [6.45, 7) is 1.13. The van der Waals surface area contributed by atoms with Crippen LogP contribution < -0.4 is 14.8 Å². The summed E-state index contributed by atoms with van der Waals surface area (Å²) in [5.74, 6) is 2.23. The standard InChI is InChI=1S/C20H19BrN2O2/c1-24-18-12-16(13-23-19-9-5-6-10-22-19)11-17(21)20(18)25-14-15-7-3-2-4-8-15/h2-12H,13-14H2,1H3,(H,22,23). The first-order chi connectivity index (χ1) is 12.3. The van der Waals surface area contributed by atoms with Crippen LogP contribution in [0.5, 0.6) is 11.5 Å². The van der Waals surface area contributed by atoms with Crippen molar-refractivity contribution in [2.45, 2.75) is 13.2 Å². The maximum atomic E-state index is 5.96. The Bertz CT molecular complexity index is 811. The average molecular weight is 399 g/mol. The van der Waals surface area contributed by atoms with Gasteiger partial charge in [0.1, 0.15) is 12.4 Å². The molecule has 1 N–H and O–H groups in total. The minimum Gasteiger partial charge on any atom is -0.493 e. The summed E-state index contributed by atoms with van der Waals surface area (Å²) in [7, 11) is 1.65. The van der Waals surface area contributed by atoms with Crippen LogP contribution in [-0.2, 0) is 13.2 Å². The van der Waals surface area contributed by atoms with Crippen molar-refractivity contribution in [3.05, 3.63) is 82.5 Å². The van der Waals surface area contributed by atoms with Crippen molar-refractivity contribution in [2.24, 2.45) is 0 Å². The van der Waals surface area contributed by atoms with Crippen LogP contribution in [0, 0.1) is 0 Å². The van der Waals surface area contributed by atoms with Crippen molar-refractivity contribution in [3.8, 4) is 11.5 Å². The quantitative estimate of drug-likeness (QED) is 0.604. The van der Waals surface area contributed by atoms with Gasteiger partial charge in [-0.15, -0.1) is 0 Å². The Balaban J connectivity index is 1.71. The lowest BCUT2D eigenvalue weighted by atomic mass is 10.2. The molecule has 0 fully saturated rings. The first-order valence-electron chi connectivity index (χ1n) is 7.94. The Morgan fingerprint density at radius 3 is 2.52 bits per heavy atom. The highest BCUT2D eigenvalue weighted by Gasteiger charge is 2.12. The van der Waals surface area contributed by atoms with Gasteiger partial charge in [0.05, 0.1) is 11.6 Å². The van der Waals surface area contributed by atoms with Gasteiger partial charge in [-0.3, -0.25) is 0 Å². The van der Waals surface area contributed by atoms with Crippen LogP contribution >= 0.6 is 15.9 Å². The second kappa shape index (κ2) is 8.53. The molecule has 0 aliphatic carbocycles. The Hall–Kier alpha value is -2.53. The van der Waals surface area contributed by atoms with Crippen molar-refractivity contribution < 1.29 is 9.47 Å². The summed E-state index contributed by atoms with van der Waals surface area (Å²) in [6.07, 6.45) is 1.76. The second-order valence-electron chi connectivity index (χ2n) is 5.45. The highest BCUT2D eigenvalue weighted by atomic mass is 79.9. The van der Waals surface area contributed by atoms with E-state index < -0.39 is 0 Å². The molecule has 25 heavy (non-hydrogen) atoms. The Labute approximate surface area is 156 Å². The third-order valence-corrected chi connectivity index (χ3v) is 4.24. The summed E-state index contributed by atoms with van der Waals surface area (Å²) in [5, 5.41) is 3.29. The van der Waals surface area contributed by atoms with Crippen molar-refractivity contribution in [1.29, 1.82) is 0 Å². The van der Waals surface area contributed by atoms with Crippen LogP contribution in [0.2, 0.25) is 0 Å². The van der Waals surface area contributed by atoms with Crippen LogP contribution in [0.1, 0.15) is 11.1 Å². The minimum atomic E-state index is 0.487. The van der Waals surface area contributed by atoms with Crippen LogP contribution in [0.4, 0.5) is 5.82 Å². The molecule has 0 amide bonds. The maximum absolute atomic E-state index is 5.96. The number of nitrogens with one attached hydrogen (secondary N) is 1. The Morgan fingerprint density at radius 2 is 1.80 bits per heavy atom. The third kappa shape index (κ3) is 4.73. The van der Waals surface area contributed by atoms with Gasteiger partial charge in [0.25, 0.3) is 0 Å². The zero-order valence-electron chi connectivity index (χ0n) is 13.9. The number of benzene rings is 2. The molecule has 1 aromatic heterocycles. The lowest BCUT2D eigenvalue weighted by Crippen LogP contribution is -2.03. The number of hydrogen-bond donors (Lipinski definition) is 1. The van der Waals surface area contributed by atoms with E-state index in [-0.39, 0.29) is 0 Å². The average Bonchev–Trinajstić information content (AvgIpc) is 2.66. The van der Waals surface area contributed by atoms with Crippen molar-refractivity contribution >= 4 is 21.7 Å². The van der Waals surface area contributed by atoms with Gasteiger partial charge in [-0.1, -0.05) is 36.4 Å². The Morgan fingerprint density at radius 1 is 1.00 bits per heavy atom. The van der Waals surface area contributed by atoms with E-state index >= 15 is 0 Å². The number of halogens is 1. The number of hydrogen-bond acceptors (Lipinski definition) is 4. The third-order valence-electron chi connectivity index (χ3n) is 3.65. The maximum Gasteiger partial charge on any atom is 0.175 e. The summed E-state index contributed by atoms with van der Waals surface area (Å²) in [6, 6.07) is 19.8. The van der Waals surface area contributed by atoms with Gasteiger partial charge in [-0.05, 0) is 51.3 Å². The van der Waals surface area contributed by atoms with E-state index in [2.05, 4.69) is 26.2 Å². The molecular formula is C20H19BrN2O2. The number of pyridine rings is 1. The number of ether oxygens (including phenoxy) is 2. The number of aromatic nitrogens is 1. The molecule has 0 bridgehead atoms. The van der Waals surface area contributed by atoms with Crippen LogP contribution in [0.25, 0.3) is 0 Å². The molecule has 3 aromatic rings. The number of anilines is 1. The predicted molar refractivity (Wildman–Crippen MR) is 103 cm³/mol. The van der Waals surface area contributed by atoms with Crippen LogP contribution in [0.3, 0.4) is 0 Å². The smallest absolute Gasteiger partial charge is 0.175 e. The number of rotatable bonds is 7. The van der Waals surface area contributed by atoms with Crippen LogP contribution in [0.15, 0.2) is 71.3 Å². The lowest BCUT2D eigenvalue weighted by molar-refractivity contribution is 0.282. The summed E-state index contributed by atoms with van der Waals surface area (Å²) < 4.78 is 12.3. The van der Waals surface area contributed by atoms with Crippen molar-refractivity contribution in [1.82, 2.24) is 4.98 Å². The molecule has 5 heteroatoms. The van der Waals surface area contributed by atoms with Gasteiger partial charge >= 0.3 is 0 Å². The topological polar surface area (TPSA) is 43.4 Å². The molecule has 4 nitrogen and oxygen atoms in total. The largest absolute Gasteiger partial charge is 0.493 e. The molecule has 2 aromatic carbocycles. The van der Waals surface area contributed by atoms with E-state index in [4.69, 9.17) is 9.47 Å². The van der Waals surface area contributed by atoms with Gasteiger partial charge in [-0.25, -0.2) is 4.98 Å². The van der Waals surface area contributed by atoms with Crippen molar-refractivity contribution in [3.63, 3.8) is 0 Å². The highest BCUT2D eigenvalue weighted by Crippen LogP contribution is 2.37. The zero-order valence-corrected chi connectivity index (χ0v) is 15.5. The zero-order chi connectivity index (χ0) is 17.5. The monoisotopic (exact) mass is 398 g/mol. The molecule has 0 saturated carbocycles. The van der Waals surface area contributed by atoms with Gasteiger partial charge in [-0.2, -0.15) is 0 Å². The summed E-state index contributed by atoms with van der Waals surface area (Å²) >= 11 is 3.59. The van der Waals surface area contributed by atoms with E-state index in [1.807, 2.05) is 60.7 Å². The molecule has 0 aliphatic heterocycles. The first kappa shape index (κ1) is 17.3. The first-order valence-corrected chi connectivity index (χ1v) is 8.73. The van der Waals surface area contributed by atoms with Gasteiger partial charge in [0, 0.05) is 12.7 Å². The molecule has 0 radical (unpaired) electrons. The fraction of sp³-hybridized carbons (Fsp3) is 0.150. The molecule has 0 aliphatic rings. The predicted octanol–water partition coefficient (Wildman–Crippen LogP) is 5.04. The fourth-order valence-electron chi connectivity index (χ4n) is 2.41.